The first-order valence-electron chi connectivity index (χ1n) is 11.7. The van der Waals surface area contributed by atoms with E-state index in [0.29, 0.717) is 40.1 Å². The van der Waals surface area contributed by atoms with E-state index in [9.17, 15) is 8.42 Å². The van der Waals surface area contributed by atoms with Crippen molar-refractivity contribution in [2.24, 2.45) is 0 Å². The number of anilines is 1. The van der Waals surface area contributed by atoms with E-state index in [0.717, 1.165) is 5.56 Å². The maximum Gasteiger partial charge on any atom is 0.243 e. The molecule has 1 aromatic carbocycles. The highest BCUT2D eigenvalue weighted by molar-refractivity contribution is 7.93. The van der Waals surface area contributed by atoms with Gasteiger partial charge in [-0.1, -0.05) is 6.07 Å². The third kappa shape index (κ3) is 5.61. The Morgan fingerprint density at radius 3 is 2.21 bits per heavy atom. The van der Waals surface area contributed by atoms with Crippen LogP contribution in [0.25, 0.3) is 17.1 Å². The van der Waals surface area contributed by atoms with Gasteiger partial charge >= 0.3 is 0 Å². The second-order valence-electron chi connectivity index (χ2n) is 8.44. The molecule has 0 aliphatic heterocycles. The van der Waals surface area contributed by atoms with Gasteiger partial charge in [0, 0.05) is 25.1 Å². The number of methoxy groups -OCH3 is 4. The van der Waals surface area contributed by atoms with Crippen LogP contribution in [-0.4, -0.2) is 71.8 Å². The molecule has 39 heavy (non-hydrogen) atoms. The Hall–Kier alpha value is -4.30. The summed E-state index contributed by atoms with van der Waals surface area (Å²) in [5.41, 5.74) is 2.21. The average molecular weight is 556 g/mol. The molecule has 4 rings (SSSR count). The van der Waals surface area contributed by atoms with Crippen LogP contribution in [0.5, 0.6) is 17.4 Å². The molecule has 1 N–H and O–H groups in total. The van der Waals surface area contributed by atoms with Gasteiger partial charge in [0.05, 0.1) is 39.4 Å². The number of benzene rings is 1. The number of sulfonamides is 1. The van der Waals surface area contributed by atoms with E-state index in [-0.39, 0.29) is 5.95 Å². The lowest BCUT2D eigenvalue weighted by Gasteiger charge is -2.23. The molecule has 14 heteroatoms. The summed E-state index contributed by atoms with van der Waals surface area (Å²) in [6.45, 7) is 3.39. The van der Waals surface area contributed by atoms with Crippen LogP contribution in [0.3, 0.4) is 0 Å². The van der Waals surface area contributed by atoms with Gasteiger partial charge in [-0.15, -0.1) is 10.2 Å². The monoisotopic (exact) mass is 555 g/mol. The lowest BCUT2D eigenvalue weighted by molar-refractivity contribution is 0.0984. The van der Waals surface area contributed by atoms with Gasteiger partial charge in [0.15, 0.2) is 5.82 Å². The Balaban J connectivity index is 1.82. The number of aromatic nitrogens is 6. The quantitative estimate of drug-likeness (QED) is 0.291. The Morgan fingerprint density at radius 2 is 1.64 bits per heavy atom. The van der Waals surface area contributed by atoms with Gasteiger partial charge in [0.2, 0.25) is 21.9 Å². The van der Waals surface area contributed by atoms with Crippen LogP contribution in [0.1, 0.15) is 24.3 Å². The number of aryl methyl sites for hydroxylation is 1. The first kappa shape index (κ1) is 27.7. The highest BCUT2D eigenvalue weighted by Gasteiger charge is 2.34. The van der Waals surface area contributed by atoms with E-state index in [2.05, 4.69) is 29.9 Å². The van der Waals surface area contributed by atoms with Crippen LogP contribution in [0.15, 0.2) is 49.1 Å². The Morgan fingerprint density at radius 1 is 0.923 bits per heavy atom. The number of nitrogens with one attached hydrogen (secondary N) is 1. The minimum Gasteiger partial charge on any atom is -0.494 e. The second-order valence-corrected chi connectivity index (χ2v) is 10.5. The third-order valence-electron chi connectivity index (χ3n) is 5.97. The van der Waals surface area contributed by atoms with Crippen LogP contribution in [-0.2, 0) is 14.8 Å². The Bertz CT molecular complexity index is 1520. The van der Waals surface area contributed by atoms with Crippen molar-refractivity contribution in [2.75, 3.05) is 33.2 Å². The predicted octanol–water partition coefficient (Wildman–Crippen LogP) is 2.97. The van der Waals surface area contributed by atoms with Crippen LogP contribution < -0.4 is 18.9 Å². The average Bonchev–Trinajstić information content (AvgIpc) is 3.35. The van der Waals surface area contributed by atoms with E-state index < -0.39 is 21.4 Å². The molecule has 0 unspecified atom stereocenters. The molecule has 0 radical (unpaired) electrons. The van der Waals surface area contributed by atoms with Crippen LogP contribution in [0.2, 0.25) is 0 Å². The maximum atomic E-state index is 13.7. The summed E-state index contributed by atoms with van der Waals surface area (Å²) in [7, 11) is 1.73. The number of para-hydroxylation sites is 1. The summed E-state index contributed by atoms with van der Waals surface area (Å²) in [4.78, 5) is 12.6. The largest absolute Gasteiger partial charge is 0.494 e. The number of pyridine rings is 1. The molecule has 0 saturated carbocycles. The van der Waals surface area contributed by atoms with Crippen molar-refractivity contribution >= 4 is 16.0 Å². The van der Waals surface area contributed by atoms with E-state index in [1.165, 1.54) is 52.3 Å². The van der Waals surface area contributed by atoms with Gasteiger partial charge in [-0.25, -0.2) is 13.4 Å². The predicted molar refractivity (Wildman–Crippen MR) is 143 cm³/mol. The molecular weight excluding hydrogens is 526 g/mol. The molecular formula is C25H29N7O6S. The van der Waals surface area contributed by atoms with Gasteiger partial charge in [0.1, 0.15) is 28.5 Å². The second kappa shape index (κ2) is 11.6. The number of rotatable bonds is 11. The van der Waals surface area contributed by atoms with Crippen molar-refractivity contribution in [3.05, 3.63) is 60.3 Å². The molecule has 206 valence electrons. The van der Waals surface area contributed by atoms with Gasteiger partial charge < -0.3 is 18.9 Å². The Labute approximate surface area is 226 Å². The molecule has 0 spiro atoms. The fourth-order valence-corrected chi connectivity index (χ4v) is 5.14. The van der Waals surface area contributed by atoms with Gasteiger partial charge in [0.25, 0.3) is 0 Å². The smallest absolute Gasteiger partial charge is 0.243 e. The summed E-state index contributed by atoms with van der Waals surface area (Å²) < 4.78 is 53.2. The molecule has 4 aromatic rings. The lowest BCUT2D eigenvalue weighted by Crippen LogP contribution is -2.33. The number of hydrogen-bond acceptors (Lipinski definition) is 11. The van der Waals surface area contributed by atoms with Crippen molar-refractivity contribution in [2.45, 2.75) is 25.2 Å². The molecule has 0 aliphatic rings. The molecule has 0 fully saturated rings. The SMILES string of the molecule is COc1cnc([C@@H](OC)[C@H](C)S(=O)(=O)Nc2nnc(-c3cncc(C)c3)n2-c2c(OC)cccc2OC)cn1. The molecule has 0 aliphatic carbocycles. The fourth-order valence-electron chi connectivity index (χ4n) is 3.99. The minimum absolute atomic E-state index is 0.0863. The highest BCUT2D eigenvalue weighted by Crippen LogP contribution is 2.38. The normalized spacial score (nSPS) is 13.0. The van der Waals surface area contributed by atoms with Crippen molar-refractivity contribution in [3.63, 3.8) is 0 Å². The van der Waals surface area contributed by atoms with Crippen LogP contribution in [0.4, 0.5) is 5.95 Å². The first-order valence-corrected chi connectivity index (χ1v) is 13.3. The zero-order chi connectivity index (χ0) is 28.2. The zero-order valence-corrected chi connectivity index (χ0v) is 23.1. The fraction of sp³-hybridized carbons (Fsp3) is 0.320. The molecule has 13 nitrogen and oxygen atoms in total. The molecule has 2 atom stereocenters. The molecule has 3 aromatic heterocycles. The van der Waals surface area contributed by atoms with Gasteiger partial charge in [-0.05, 0) is 37.6 Å². The van der Waals surface area contributed by atoms with Crippen LogP contribution >= 0.6 is 0 Å². The van der Waals surface area contributed by atoms with Gasteiger partial charge in [-0.3, -0.25) is 19.3 Å². The van der Waals surface area contributed by atoms with E-state index in [1.807, 2.05) is 13.0 Å². The van der Waals surface area contributed by atoms with Crippen molar-refractivity contribution < 1.29 is 27.4 Å². The standard InChI is InChI=1S/C25H29N7O6S/c1-15-10-17(12-26-11-15)24-29-30-25(32(24)22-19(35-3)8-7-9-20(22)36-4)31-39(33,34)16(2)23(38-6)18-13-28-21(37-5)14-27-18/h7-14,16,23H,1-6H3,(H,30,31)/t16-,23-/m0/s1. The summed E-state index contributed by atoms with van der Waals surface area (Å²) in [5.74, 6) is 1.35. The summed E-state index contributed by atoms with van der Waals surface area (Å²) in [6.07, 6.45) is 5.16. The topological polar surface area (TPSA) is 152 Å². The number of hydrogen-bond donors (Lipinski definition) is 1. The molecule has 0 bridgehead atoms. The molecule has 3 heterocycles. The third-order valence-corrected chi connectivity index (χ3v) is 7.67. The zero-order valence-electron chi connectivity index (χ0n) is 22.3. The van der Waals surface area contributed by atoms with E-state index in [1.54, 1.807) is 30.6 Å². The van der Waals surface area contributed by atoms with E-state index >= 15 is 0 Å². The first-order chi connectivity index (χ1) is 18.7. The van der Waals surface area contributed by atoms with Crippen molar-refractivity contribution in [1.82, 2.24) is 29.7 Å². The van der Waals surface area contributed by atoms with Crippen LogP contribution in [0, 0.1) is 6.92 Å². The lowest BCUT2D eigenvalue weighted by atomic mass is 10.2. The maximum absolute atomic E-state index is 13.7. The molecule has 0 saturated heterocycles. The van der Waals surface area contributed by atoms with Crippen molar-refractivity contribution in [1.29, 1.82) is 0 Å². The summed E-state index contributed by atoms with van der Waals surface area (Å²) >= 11 is 0. The Kier molecular flexibility index (Phi) is 8.26. The minimum atomic E-state index is -4.13. The summed E-state index contributed by atoms with van der Waals surface area (Å²) in [6, 6.07) is 7.06. The van der Waals surface area contributed by atoms with Crippen molar-refractivity contribution in [3.8, 4) is 34.5 Å². The van der Waals surface area contributed by atoms with Gasteiger partial charge in [-0.2, -0.15) is 0 Å². The molecule has 0 amide bonds. The van der Waals surface area contributed by atoms with E-state index in [4.69, 9.17) is 18.9 Å². The summed E-state index contributed by atoms with van der Waals surface area (Å²) in [5, 5.41) is 7.39. The number of ether oxygens (including phenoxy) is 4. The highest BCUT2D eigenvalue weighted by atomic mass is 32.2. The number of nitrogens with zero attached hydrogens (tertiary/aromatic N) is 6.